The van der Waals surface area contributed by atoms with Crippen LogP contribution in [0.3, 0.4) is 0 Å². The van der Waals surface area contributed by atoms with Crippen molar-refractivity contribution < 1.29 is 19.1 Å². The normalized spacial score (nSPS) is 46.8. The third kappa shape index (κ3) is 1.61. The Morgan fingerprint density at radius 2 is 2.29 bits per heavy atom. The number of hydrogen-bond donors (Lipinski definition) is 0. The van der Waals surface area contributed by atoms with Crippen LogP contribution in [0.25, 0.3) is 0 Å². The summed E-state index contributed by atoms with van der Waals surface area (Å²) in [5, 5.41) is 0. The number of esters is 2. The lowest BCUT2D eigenvalue weighted by molar-refractivity contribution is -0.157. The molecule has 4 nitrogen and oxygen atoms in total. The standard InChI is InChI=1S/C12H15IO4/c1-2-16-11(14)9-8-6-3-5(4-7(6)13)10(8)17-12(9)15/h5-10H,2-4H2,1H3/t5-,6+,7+,8+,9-,10+/m1/s1. The highest BCUT2D eigenvalue weighted by Gasteiger charge is 2.63. The predicted octanol–water partition coefficient (Wildman–Crippen LogP) is 1.55. The molecule has 94 valence electrons. The molecule has 1 heterocycles. The number of fused-ring (bicyclic) bond motifs is 5. The molecule has 2 saturated carbocycles. The van der Waals surface area contributed by atoms with Crippen molar-refractivity contribution in [3.05, 3.63) is 0 Å². The molecule has 2 bridgehead atoms. The van der Waals surface area contributed by atoms with Gasteiger partial charge in [-0.05, 0) is 31.6 Å². The number of rotatable bonds is 2. The van der Waals surface area contributed by atoms with Gasteiger partial charge in [0.15, 0.2) is 5.92 Å². The lowest BCUT2D eigenvalue weighted by atomic mass is 9.79. The Morgan fingerprint density at radius 3 is 3.00 bits per heavy atom. The van der Waals surface area contributed by atoms with Crippen LogP contribution in [0.1, 0.15) is 19.8 Å². The molecule has 0 aromatic rings. The number of halogens is 1. The van der Waals surface area contributed by atoms with Gasteiger partial charge in [0.1, 0.15) is 6.10 Å². The summed E-state index contributed by atoms with van der Waals surface area (Å²) in [5.74, 6) is -0.420. The Hall–Kier alpha value is -0.330. The van der Waals surface area contributed by atoms with Gasteiger partial charge >= 0.3 is 11.9 Å². The molecule has 1 aliphatic heterocycles. The van der Waals surface area contributed by atoms with Gasteiger partial charge in [0.25, 0.3) is 0 Å². The monoisotopic (exact) mass is 350 g/mol. The molecule has 0 radical (unpaired) electrons. The first kappa shape index (κ1) is 11.7. The molecule has 3 aliphatic rings. The van der Waals surface area contributed by atoms with E-state index in [1.807, 2.05) is 0 Å². The molecule has 1 saturated heterocycles. The van der Waals surface area contributed by atoms with E-state index in [1.54, 1.807) is 6.92 Å². The average molecular weight is 350 g/mol. The highest BCUT2D eigenvalue weighted by molar-refractivity contribution is 14.1. The van der Waals surface area contributed by atoms with Crippen molar-refractivity contribution in [3.63, 3.8) is 0 Å². The lowest BCUT2D eigenvalue weighted by Crippen LogP contribution is -2.36. The predicted molar refractivity (Wildman–Crippen MR) is 67.5 cm³/mol. The quantitative estimate of drug-likeness (QED) is 0.328. The van der Waals surface area contributed by atoms with Crippen LogP contribution < -0.4 is 0 Å². The van der Waals surface area contributed by atoms with Gasteiger partial charge in [0, 0.05) is 9.84 Å². The molecule has 2 aliphatic carbocycles. The van der Waals surface area contributed by atoms with Crippen LogP contribution in [0, 0.1) is 23.7 Å². The maximum atomic E-state index is 11.9. The third-order valence-electron chi connectivity index (χ3n) is 4.34. The summed E-state index contributed by atoms with van der Waals surface area (Å²) < 4.78 is 11.0. The van der Waals surface area contributed by atoms with Gasteiger partial charge in [-0.2, -0.15) is 0 Å². The molecule has 17 heavy (non-hydrogen) atoms. The van der Waals surface area contributed by atoms with Crippen LogP contribution in [0.15, 0.2) is 0 Å². The number of ether oxygens (including phenoxy) is 2. The average Bonchev–Trinajstić information content (AvgIpc) is 2.87. The van der Waals surface area contributed by atoms with Crippen molar-refractivity contribution in [1.29, 1.82) is 0 Å². The highest BCUT2D eigenvalue weighted by atomic mass is 127. The second-order valence-corrected chi connectivity index (χ2v) is 6.72. The Bertz CT molecular complexity index is 370. The van der Waals surface area contributed by atoms with E-state index in [4.69, 9.17) is 9.47 Å². The molecule has 0 spiro atoms. The van der Waals surface area contributed by atoms with E-state index in [1.165, 1.54) is 0 Å². The van der Waals surface area contributed by atoms with Gasteiger partial charge in [-0.1, -0.05) is 22.6 Å². The lowest BCUT2D eigenvalue weighted by Gasteiger charge is -2.27. The van der Waals surface area contributed by atoms with E-state index in [2.05, 4.69) is 22.6 Å². The third-order valence-corrected chi connectivity index (χ3v) is 5.77. The molecule has 0 amide bonds. The molecule has 0 aromatic carbocycles. The van der Waals surface area contributed by atoms with Gasteiger partial charge in [0.05, 0.1) is 6.61 Å². The maximum Gasteiger partial charge on any atom is 0.321 e. The first-order chi connectivity index (χ1) is 8.13. The van der Waals surface area contributed by atoms with Crippen LogP contribution in [0.5, 0.6) is 0 Å². The minimum Gasteiger partial charge on any atom is -0.465 e. The Morgan fingerprint density at radius 1 is 1.53 bits per heavy atom. The van der Waals surface area contributed by atoms with E-state index >= 15 is 0 Å². The summed E-state index contributed by atoms with van der Waals surface area (Å²) in [4.78, 5) is 23.7. The largest absolute Gasteiger partial charge is 0.465 e. The highest BCUT2D eigenvalue weighted by Crippen LogP contribution is 2.58. The zero-order chi connectivity index (χ0) is 12.2. The molecule has 0 unspecified atom stereocenters. The number of carbonyl (C=O) groups excluding carboxylic acids is 2. The summed E-state index contributed by atoms with van der Waals surface area (Å²) in [5.41, 5.74) is 0. The second-order valence-electron chi connectivity index (χ2n) is 5.12. The molecular weight excluding hydrogens is 335 g/mol. The van der Waals surface area contributed by atoms with Crippen LogP contribution in [-0.4, -0.2) is 28.6 Å². The van der Waals surface area contributed by atoms with Crippen molar-refractivity contribution in [2.45, 2.75) is 29.8 Å². The van der Waals surface area contributed by atoms with Crippen molar-refractivity contribution in [3.8, 4) is 0 Å². The number of alkyl halides is 1. The summed E-state index contributed by atoms with van der Waals surface area (Å²) >= 11 is 2.44. The zero-order valence-electron chi connectivity index (χ0n) is 9.60. The van der Waals surface area contributed by atoms with Gasteiger partial charge in [0.2, 0.25) is 0 Å². The fraction of sp³-hybridized carbons (Fsp3) is 0.833. The van der Waals surface area contributed by atoms with Crippen molar-refractivity contribution >= 4 is 34.5 Å². The van der Waals surface area contributed by atoms with Crippen LogP contribution in [0.4, 0.5) is 0 Å². The molecule has 3 rings (SSSR count). The first-order valence-electron chi connectivity index (χ1n) is 6.14. The molecule has 0 N–H and O–H groups in total. The topological polar surface area (TPSA) is 52.6 Å². The number of hydrogen-bond acceptors (Lipinski definition) is 4. The second kappa shape index (κ2) is 4.10. The van der Waals surface area contributed by atoms with Gasteiger partial charge < -0.3 is 9.47 Å². The minimum absolute atomic E-state index is 0.0204. The van der Waals surface area contributed by atoms with Crippen LogP contribution in [-0.2, 0) is 19.1 Å². The van der Waals surface area contributed by atoms with Gasteiger partial charge in [-0.3, -0.25) is 9.59 Å². The first-order valence-corrected chi connectivity index (χ1v) is 7.39. The van der Waals surface area contributed by atoms with Gasteiger partial charge in [-0.25, -0.2) is 0 Å². The molecule has 5 heteroatoms. The van der Waals surface area contributed by atoms with Crippen LogP contribution in [0.2, 0.25) is 0 Å². The smallest absolute Gasteiger partial charge is 0.321 e. The van der Waals surface area contributed by atoms with E-state index in [9.17, 15) is 9.59 Å². The van der Waals surface area contributed by atoms with Gasteiger partial charge in [-0.15, -0.1) is 0 Å². The SMILES string of the molecule is CCOC(=O)[C@@H]1C(=O)O[C@H]2[C@@H]3C[C@H]([C@@H]12)[C@@H](I)C3. The van der Waals surface area contributed by atoms with E-state index in [0.29, 0.717) is 22.4 Å². The van der Waals surface area contributed by atoms with E-state index in [-0.39, 0.29) is 24.0 Å². The Balaban J connectivity index is 1.85. The van der Waals surface area contributed by atoms with Crippen LogP contribution >= 0.6 is 22.6 Å². The summed E-state index contributed by atoms with van der Waals surface area (Å²) in [7, 11) is 0. The molecular formula is C12H15IO4. The summed E-state index contributed by atoms with van der Waals surface area (Å²) in [6, 6.07) is 0. The summed E-state index contributed by atoms with van der Waals surface area (Å²) in [6.07, 6.45) is 2.20. The van der Waals surface area contributed by atoms with Crippen molar-refractivity contribution in [2.75, 3.05) is 6.61 Å². The van der Waals surface area contributed by atoms with Crippen molar-refractivity contribution in [2.24, 2.45) is 23.7 Å². The maximum absolute atomic E-state index is 11.9. The van der Waals surface area contributed by atoms with Crippen molar-refractivity contribution in [1.82, 2.24) is 0 Å². The number of carbonyl (C=O) groups is 2. The zero-order valence-corrected chi connectivity index (χ0v) is 11.8. The Kier molecular flexibility index (Phi) is 2.83. The van der Waals surface area contributed by atoms with E-state index < -0.39 is 5.92 Å². The molecule has 6 atom stereocenters. The van der Waals surface area contributed by atoms with E-state index in [0.717, 1.165) is 12.8 Å². The fourth-order valence-electron chi connectivity index (χ4n) is 3.74. The fourth-order valence-corrected chi connectivity index (χ4v) is 5.17. The minimum atomic E-state index is -0.660. The molecule has 0 aromatic heterocycles. The Labute approximate surface area is 114 Å². The summed E-state index contributed by atoms with van der Waals surface area (Å²) in [6.45, 7) is 2.08. The molecule has 3 fully saturated rings.